The molecule has 2 aliphatic heterocycles. The zero-order valence-corrected chi connectivity index (χ0v) is 52.1. The van der Waals surface area contributed by atoms with Crippen LogP contribution in [0.3, 0.4) is 0 Å². The summed E-state index contributed by atoms with van der Waals surface area (Å²) in [6.45, 7) is 14.0. The van der Waals surface area contributed by atoms with Crippen LogP contribution in [0.15, 0.2) is 198 Å². The summed E-state index contributed by atoms with van der Waals surface area (Å²) >= 11 is 2.91. The van der Waals surface area contributed by atoms with Crippen molar-refractivity contribution in [2.24, 2.45) is 0 Å². The predicted octanol–water partition coefficient (Wildman–Crippen LogP) is 14.4. The molecule has 4 atom stereocenters. The summed E-state index contributed by atoms with van der Waals surface area (Å²) in [5.74, 6) is -0.522. The van der Waals surface area contributed by atoms with E-state index in [2.05, 4.69) is 32.4 Å². The number of rotatable bonds is 19. The van der Waals surface area contributed by atoms with Gasteiger partial charge < -0.3 is 37.7 Å². The van der Waals surface area contributed by atoms with Gasteiger partial charge in [-0.2, -0.15) is 0 Å². The van der Waals surface area contributed by atoms with Gasteiger partial charge in [0.1, 0.15) is 55.4 Å². The van der Waals surface area contributed by atoms with E-state index in [0.717, 1.165) is 38.5 Å². The number of nitro groups is 1. The van der Waals surface area contributed by atoms with E-state index < -0.39 is 65.0 Å². The average molecular weight is 1280 g/mol. The smallest absolute Gasteiger partial charge is 0.489 e. The molecule has 3 heterocycles. The van der Waals surface area contributed by atoms with Crippen molar-refractivity contribution in [2.75, 3.05) is 19.8 Å². The third-order valence-electron chi connectivity index (χ3n) is 13.1. The summed E-state index contributed by atoms with van der Waals surface area (Å²) in [6, 6.07) is 54.4. The fourth-order valence-corrected chi connectivity index (χ4v) is 9.17. The minimum absolute atomic E-state index is 0.0527. The second kappa shape index (κ2) is 34.1. The number of benzene rings is 6. The zero-order chi connectivity index (χ0) is 64.3. The van der Waals surface area contributed by atoms with E-state index in [0.29, 0.717) is 43.1 Å². The Hall–Kier alpha value is -9.63. The van der Waals surface area contributed by atoms with Gasteiger partial charge in [-0.25, -0.2) is 29.0 Å². The van der Waals surface area contributed by atoms with E-state index in [1.54, 1.807) is 76.9 Å². The van der Waals surface area contributed by atoms with Crippen LogP contribution in [0.1, 0.15) is 105 Å². The third-order valence-corrected chi connectivity index (χ3v) is 13.1. The molecular formula is C68H73BrN4O16. The topological polar surface area (TPSA) is 243 Å². The first kappa shape index (κ1) is 68.5. The van der Waals surface area contributed by atoms with Gasteiger partial charge in [0.15, 0.2) is 0 Å². The molecule has 2 fully saturated rings. The van der Waals surface area contributed by atoms with Crippen molar-refractivity contribution in [3.8, 4) is 11.5 Å². The minimum atomic E-state index is -1.06. The summed E-state index contributed by atoms with van der Waals surface area (Å²) in [5.41, 5.74) is 4.85. The molecule has 20 nitrogen and oxygen atoms in total. The molecule has 89 heavy (non-hydrogen) atoms. The Balaban J connectivity index is 0.000000224. The maximum Gasteiger partial charge on any atom is 0.519 e. The Morgan fingerprint density at radius 3 is 1.36 bits per heavy atom. The molecule has 468 valence electrons. The lowest BCUT2D eigenvalue weighted by Gasteiger charge is -2.22. The Labute approximate surface area is 525 Å². The molecule has 2 saturated heterocycles. The van der Waals surface area contributed by atoms with E-state index in [-0.39, 0.29) is 43.9 Å². The van der Waals surface area contributed by atoms with Gasteiger partial charge in [-0.3, -0.25) is 19.7 Å². The zero-order valence-electron chi connectivity index (χ0n) is 50.5. The number of hydrogen-bond acceptors (Lipinski definition) is 17. The number of ether oxygens (including phenoxy) is 7. The largest absolute Gasteiger partial charge is 0.519 e. The summed E-state index contributed by atoms with van der Waals surface area (Å²) in [6.07, 6.45) is -1.07. The van der Waals surface area contributed by atoms with Gasteiger partial charge in [0, 0.05) is 29.7 Å². The summed E-state index contributed by atoms with van der Waals surface area (Å²) in [4.78, 5) is 88.2. The van der Waals surface area contributed by atoms with Gasteiger partial charge in [0.25, 0.3) is 0 Å². The Kier molecular flexibility index (Phi) is 26.2. The monoisotopic (exact) mass is 1280 g/mol. The molecule has 2 aliphatic rings. The Morgan fingerprint density at radius 2 is 0.989 bits per heavy atom. The third kappa shape index (κ3) is 23.5. The number of imide groups is 2. The quantitative estimate of drug-likeness (QED) is 0.0240. The van der Waals surface area contributed by atoms with Crippen LogP contribution < -0.4 is 9.47 Å². The van der Waals surface area contributed by atoms with Gasteiger partial charge in [0.05, 0.1) is 23.7 Å². The highest BCUT2D eigenvalue weighted by Crippen LogP contribution is 2.32. The first-order chi connectivity index (χ1) is 42.6. The minimum Gasteiger partial charge on any atom is -0.489 e. The molecule has 7 aromatic rings. The molecule has 4 amide bonds. The normalized spacial score (nSPS) is 14.9. The molecular weight excluding hydrogens is 1210 g/mol. The van der Waals surface area contributed by atoms with Crippen molar-refractivity contribution in [1.82, 2.24) is 15.0 Å². The van der Waals surface area contributed by atoms with Crippen LogP contribution in [0.5, 0.6) is 11.5 Å². The molecule has 1 aromatic heterocycles. The number of cyclic esters (lactones) is 2. The fraction of sp³-hybridized carbons (Fsp3) is 0.309. The molecule has 0 spiro atoms. The molecule has 0 saturated carbocycles. The van der Waals surface area contributed by atoms with Crippen molar-refractivity contribution in [3.05, 3.63) is 243 Å². The van der Waals surface area contributed by atoms with Crippen LogP contribution in [0.25, 0.3) is 0 Å². The Morgan fingerprint density at radius 1 is 0.607 bits per heavy atom. The number of amides is 4. The van der Waals surface area contributed by atoms with E-state index in [9.17, 15) is 38.9 Å². The second-order valence-electron chi connectivity index (χ2n) is 22.3. The summed E-state index contributed by atoms with van der Waals surface area (Å²) < 4.78 is 40.9. The van der Waals surface area contributed by atoms with Crippen molar-refractivity contribution < 1.29 is 71.4 Å². The van der Waals surface area contributed by atoms with Gasteiger partial charge in [-0.1, -0.05) is 173 Å². The number of carbonyl (C=O) groups excluding carboxylic acids is 6. The maximum atomic E-state index is 13.4. The molecule has 21 heteroatoms. The van der Waals surface area contributed by atoms with E-state index in [1.165, 1.54) is 11.2 Å². The molecule has 0 bridgehead atoms. The first-order valence-corrected chi connectivity index (χ1v) is 29.4. The van der Waals surface area contributed by atoms with Crippen molar-refractivity contribution in [3.63, 3.8) is 0 Å². The summed E-state index contributed by atoms with van der Waals surface area (Å²) in [7, 11) is 0. The van der Waals surface area contributed by atoms with Crippen LogP contribution in [0, 0.1) is 10.1 Å². The Bertz CT molecular complexity index is 3340. The number of nitrogens with zero attached hydrogens (tertiary/aromatic N) is 4. The lowest BCUT2D eigenvalue weighted by Crippen LogP contribution is -2.41. The highest BCUT2D eigenvalue weighted by Gasteiger charge is 2.41. The molecule has 0 aliphatic carbocycles. The highest BCUT2D eigenvalue weighted by molar-refractivity contribution is 9.11. The van der Waals surface area contributed by atoms with Gasteiger partial charge >= 0.3 is 24.5 Å². The summed E-state index contributed by atoms with van der Waals surface area (Å²) in [5, 5.41) is 15.4. The van der Waals surface area contributed by atoms with Gasteiger partial charge in [-0.05, 0) is 117 Å². The highest BCUT2D eigenvalue weighted by atomic mass is 79.9. The molecule has 0 unspecified atom stereocenters. The predicted molar refractivity (Wildman–Crippen MR) is 334 cm³/mol. The lowest BCUT2D eigenvalue weighted by molar-refractivity contribution is -0.483. The van der Waals surface area contributed by atoms with Gasteiger partial charge in [-0.15, -0.1) is 0 Å². The standard InChI is InChI=1S/C29H26N2O5.C27H26N2O6.C10H18O5.C2H3Br/c32-28(31-24(20-35-29(31)33)17-21-7-3-1-4-8-21)18-26(27-15-16-36-30-27)23-11-13-25(14-12-23)34-19-22-9-5-2-6-10-22;30-26(29-24(19-35-27(29)31)15-20-7-3-1-4-8-20)16-23(17-28(32)33)22-11-13-25(14-12-22)34-18-21-9-5-2-6-10-21;1-9(2,3)14-7(11)13-8(12)15-10(4,5)6;1-2-3/h1-16,24,26H,17-20H2;1-14,23-24H,15-19H2;1-6H3;2H,1H2/t24-,26-;23-,24+;;/m01../s1. The maximum absolute atomic E-state index is 13.4. The second-order valence-corrected chi connectivity index (χ2v) is 23.0. The van der Waals surface area contributed by atoms with E-state index >= 15 is 0 Å². The van der Waals surface area contributed by atoms with Crippen molar-refractivity contribution >= 4 is 52.2 Å². The molecule has 0 radical (unpaired) electrons. The van der Waals surface area contributed by atoms with E-state index in [4.69, 9.17) is 32.9 Å². The number of aromatic nitrogens is 1. The van der Waals surface area contributed by atoms with Crippen LogP contribution in [-0.4, -0.2) is 99.2 Å². The average Bonchev–Trinajstić information content (AvgIpc) is 3.15. The number of hydrogen-bond donors (Lipinski definition) is 0. The molecule has 6 aromatic carbocycles. The SMILES string of the molecule is C=CBr.CC(C)(C)OC(=O)OC(=O)OC(C)(C)C.O=C(C[C@@H](c1ccc(OCc2ccccc2)cc1)c1ccon1)N1C(=O)OC[C@@H]1Cc1ccccc1.O=C(C[C@H](C[N+](=O)[O-])c1ccc(OCc2ccccc2)cc1)N1C(=O)OC[C@@H]1Cc1ccccc1. The van der Waals surface area contributed by atoms with Crippen LogP contribution in [-0.2, 0) is 59.3 Å². The van der Waals surface area contributed by atoms with Crippen LogP contribution in [0.4, 0.5) is 19.2 Å². The van der Waals surface area contributed by atoms with Crippen molar-refractivity contribution in [1.29, 1.82) is 0 Å². The number of halogens is 1. The number of carbonyl (C=O) groups is 6. The molecule has 9 rings (SSSR count). The van der Waals surface area contributed by atoms with Crippen LogP contribution in [0.2, 0.25) is 0 Å². The van der Waals surface area contributed by atoms with Crippen molar-refractivity contribution in [2.45, 2.75) is 116 Å². The van der Waals surface area contributed by atoms with Gasteiger partial charge in [0.2, 0.25) is 18.4 Å². The van der Waals surface area contributed by atoms with Crippen LogP contribution >= 0.6 is 15.9 Å². The lowest BCUT2D eigenvalue weighted by atomic mass is 9.91. The van der Waals surface area contributed by atoms with E-state index in [1.807, 2.05) is 146 Å². The first-order valence-electron chi connectivity index (χ1n) is 28.5. The fourth-order valence-electron chi connectivity index (χ4n) is 9.17. The molecule has 0 N–H and O–H groups in total.